The van der Waals surface area contributed by atoms with Gasteiger partial charge >= 0.3 is 0 Å². The van der Waals surface area contributed by atoms with E-state index in [-0.39, 0.29) is 18.9 Å². The van der Waals surface area contributed by atoms with Gasteiger partial charge in [-0.3, -0.25) is 4.79 Å². The first-order valence-electron chi connectivity index (χ1n) is 10.3. The number of aryl methyl sites for hydroxylation is 1. The number of aromatic nitrogens is 3. The maximum Gasteiger partial charge on any atom is 0.241 e. The Hall–Kier alpha value is -3.04. The Morgan fingerprint density at radius 1 is 1.00 bits per heavy atom. The molecule has 8 nitrogen and oxygen atoms in total. The van der Waals surface area contributed by atoms with Crippen LogP contribution in [0.5, 0.6) is 0 Å². The molecule has 0 saturated heterocycles. The zero-order chi connectivity index (χ0) is 23.6. The highest BCUT2D eigenvalue weighted by Crippen LogP contribution is 2.29. The van der Waals surface area contributed by atoms with Gasteiger partial charge in [0.15, 0.2) is 5.82 Å². The fourth-order valence-electron chi connectivity index (χ4n) is 3.74. The largest absolute Gasteiger partial charge is 0.326 e. The number of amides is 1. The van der Waals surface area contributed by atoms with Crippen LogP contribution in [0.3, 0.4) is 0 Å². The van der Waals surface area contributed by atoms with Crippen LogP contribution in [-0.4, -0.2) is 35.6 Å². The van der Waals surface area contributed by atoms with Gasteiger partial charge in [-0.2, -0.15) is 0 Å². The van der Waals surface area contributed by atoms with Crippen LogP contribution >= 0.6 is 0 Å². The molecule has 170 valence electrons. The molecule has 0 unspecified atom stereocenters. The topological polar surface area (TPSA) is 106 Å². The molecule has 32 heavy (non-hydrogen) atoms. The molecule has 1 aromatic heterocycles. The summed E-state index contributed by atoms with van der Waals surface area (Å²) in [6.07, 6.45) is 1.61. The normalized spacial score (nSPS) is 11.6. The van der Waals surface area contributed by atoms with Crippen molar-refractivity contribution in [2.24, 2.45) is 7.05 Å². The Bertz CT molecular complexity index is 1250. The van der Waals surface area contributed by atoms with E-state index in [9.17, 15) is 13.2 Å². The van der Waals surface area contributed by atoms with Crippen molar-refractivity contribution in [2.75, 3.05) is 11.9 Å². The lowest BCUT2D eigenvalue weighted by atomic mass is 9.95. The van der Waals surface area contributed by atoms with E-state index in [1.807, 2.05) is 53.8 Å². The first-order chi connectivity index (χ1) is 15.0. The molecule has 0 aliphatic rings. The summed E-state index contributed by atoms with van der Waals surface area (Å²) in [5.41, 5.74) is 5.94. The van der Waals surface area contributed by atoms with Gasteiger partial charge in [0.2, 0.25) is 15.9 Å². The maximum atomic E-state index is 13.0. The highest BCUT2D eigenvalue weighted by atomic mass is 32.2. The lowest BCUT2D eigenvalue weighted by Crippen LogP contribution is -2.29. The van der Waals surface area contributed by atoms with E-state index in [2.05, 4.69) is 20.2 Å². The first kappa shape index (κ1) is 23.6. The lowest BCUT2D eigenvalue weighted by molar-refractivity contribution is -0.116. The van der Waals surface area contributed by atoms with Gasteiger partial charge in [0.25, 0.3) is 0 Å². The molecule has 1 amide bonds. The van der Waals surface area contributed by atoms with Crippen molar-refractivity contribution < 1.29 is 13.2 Å². The number of carbonyl (C=O) groups excluding carboxylic acids is 1. The van der Waals surface area contributed by atoms with Crippen molar-refractivity contribution in [2.45, 2.75) is 45.9 Å². The Balaban J connectivity index is 1.66. The fraction of sp³-hybridized carbons (Fsp3) is 0.348. The number of anilines is 1. The van der Waals surface area contributed by atoms with Crippen molar-refractivity contribution >= 4 is 21.6 Å². The SMILES string of the molecule is Cc1c(C)c(C)c(S(=O)(=O)NCCC(=O)Nc2cccc(-c3nncn3C)c2)c(C)c1C. The number of hydrogen-bond donors (Lipinski definition) is 2. The van der Waals surface area contributed by atoms with Crippen molar-refractivity contribution in [3.8, 4) is 11.4 Å². The lowest BCUT2D eigenvalue weighted by Gasteiger charge is -2.19. The molecule has 2 N–H and O–H groups in total. The van der Waals surface area contributed by atoms with Crippen molar-refractivity contribution in [3.63, 3.8) is 0 Å². The molecule has 0 aliphatic carbocycles. The molecular formula is C23H29N5O3S. The Kier molecular flexibility index (Phi) is 6.80. The monoisotopic (exact) mass is 455 g/mol. The Morgan fingerprint density at radius 3 is 2.22 bits per heavy atom. The van der Waals surface area contributed by atoms with E-state index in [0.29, 0.717) is 16.4 Å². The minimum atomic E-state index is -3.74. The number of carbonyl (C=O) groups is 1. The van der Waals surface area contributed by atoms with Crippen LogP contribution in [0.1, 0.15) is 34.2 Å². The van der Waals surface area contributed by atoms with E-state index in [1.54, 1.807) is 23.0 Å². The van der Waals surface area contributed by atoms with Crippen LogP contribution in [-0.2, 0) is 21.9 Å². The Labute approximate surface area is 189 Å². The average molecular weight is 456 g/mol. The van der Waals surface area contributed by atoms with Crippen LogP contribution in [0.25, 0.3) is 11.4 Å². The third kappa shape index (κ3) is 4.73. The summed E-state index contributed by atoms with van der Waals surface area (Å²) in [7, 11) is -1.90. The summed E-state index contributed by atoms with van der Waals surface area (Å²) < 4.78 is 30.3. The minimum Gasteiger partial charge on any atom is -0.326 e. The van der Waals surface area contributed by atoms with Gasteiger partial charge in [0.1, 0.15) is 6.33 Å². The molecule has 0 atom stereocenters. The third-order valence-corrected chi connectivity index (χ3v) is 7.69. The molecule has 0 bridgehead atoms. The Morgan fingerprint density at radius 2 is 1.62 bits per heavy atom. The highest BCUT2D eigenvalue weighted by molar-refractivity contribution is 7.89. The standard InChI is InChI=1S/C23H29N5O3S/c1-14-15(2)17(4)22(18(5)16(14)3)32(30,31)25-11-10-21(29)26-20-9-7-8-19(12-20)23-27-24-13-28(23)6/h7-9,12-13,25H,10-11H2,1-6H3,(H,26,29). The molecule has 0 fully saturated rings. The number of nitrogens with one attached hydrogen (secondary N) is 2. The van der Waals surface area contributed by atoms with Crippen LogP contribution in [0.2, 0.25) is 0 Å². The van der Waals surface area contributed by atoms with Gasteiger partial charge in [-0.05, 0) is 74.6 Å². The van der Waals surface area contributed by atoms with Crippen molar-refractivity contribution in [1.82, 2.24) is 19.5 Å². The first-order valence-corrected chi connectivity index (χ1v) is 11.8. The van der Waals surface area contributed by atoms with E-state index < -0.39 is 10.0 Å². The van der Waals surface area contributed by atoms with Crippen molar-refractivity contribution in [3.05, 3.63) is 58.4 Å². The second-order valence-electron chi connectivity index (χ2n) is 8.00. The number of rotatable bonds is 7. The van der Waals surface area contributed by atoms with E-state index in [0.717, 1.165) is 33.4 Å². The molecule has 1 heterocycles. The third-order valence-electron chi connectivity index (χ3n) is 5.96. The van der Waals surface area contributed by atoms with Crippen LogP contribution in [0, 0.1) is 34.6 Å². The number of hydrogen-bond acceptors (Lipinski definition) is 5. The molecule has 9 heteroatoms. The zero-order valence-electron chi connectivity index (χ0n) is 19.3. The molecular weight excluding hydrogens is 426 g/mol. The molecule has 3 aromatic rings. The number of benzene rings is 2. The maximum absolute atomic E-state index is 13.0. The van der Waals surface area contributed by atoms with Gasteiger partial charge in [0, 0.05) is 31.3 Å². The van der Waals surface area contributed by atoms with Crippen LogP contribution in [0.4, 0.5) is 5.69 Å². The molecule has 0 aliphatic heterocycles. The summed E-state index contributed by atoms with van der Waals surface area (Å²) in [5, 5.41) is 10.7. The number of sulfonamides is 1. The fourth-order valence-corrected chi connectivity index (χ4v) is 5.37. The summed E-state index contributed by atoms with van der Waals surface area (Å²) >= 11 is 0. The second-order valence-corrected chi connectivity index (χ2v) is 9.70. The molecule has 2 aromatic carbocycles. The van der Waals surface area contributed by atoms with E-state index >= 15 is 0 Å². The van der Waals surface area contributed by atoms with Gasteiger partial charge in [-0.15, -0.1) is 10.2 Å². The predicted octanol–water partition coefficient (Wildman–Crippen LogP) is 3.33. The smallest absolute Gasteiger partial charge is 0.241 e. The molecule has 3 rings (SSSR count). The molecule has 0 spiro atoms. The van der Waals surface area contributed by atoms with E-state index in [4.69, 9.17) is 0 Å². The summed E-state index contributed by atoms with van der Waals surface area (Å²) in [5.74, 6) is 0.399. The van der Waals surface area contributed by atoms with E-state index in [1.165, 1.54) is 0 Å². The highest BCUT2D eigenvalue weighted by Gasteiger charge is 2.23. The quantitative estimate of drug-likeness (QED) is 0.568. The zero-order valence-corrected chi connectivity index (χ0v) is 20.1. The average Bonchev–Trinajstić information content (AvgIpc) is 3.16. The van der Waals surface area contributed by atoms with Crippen LogP contribution < -0.4 is 10.0 Å². The van der Waals surface area contributed by atoms with Crippen molar-refractivity contribution in [1.29, 1.82) is 0 Å². The molecule has 0 radical (unpaired) electrons. The summed E-state index contributed by atoms with van der Waals surface area (Å²) in [6.45, 7) is 9.50. The number of nitrogens with zero attached hydrogens (tertiary/aromatic N) is 3. The van der Waals surface area contributed by atoms with Gasteiger partial charge in [-0.1, -0.05) is 12.1 Å². The summed E-state index contributed by atoms with van der Waals surface area (Å²) in [4.78, 5) is 12.7. The van der Waals surface area contributed by atoms with Gasteiger partial charge in [-0.25, -0.2) is 13.1 Å². The van der Waals surface area contributed by atoms with Crippen LogP contribution in [0.15, 0.2) is 35.5 Å². The molecule has 0 saturated carbocycles. The second kappa shape index (κ2) is 9.22. The minimum absolute atomic E-state index is 0.00198. The van der Waals surface area contributed by atoms with Gasteiger partial charge < -0.3 is 9.88 Å². The van der Waals surface area contributed by atoms with Gasteiger partial charge in [0.05, 0.1) is 4.90 Å². The summed E-state index contributed by atoms with van der Waals surface area (Å²) in [6, 6.07) is 7.27. The predicted molar refractivity (Wildman–Crippen MR) is 125 cm³/mol.